The lowest BCUT2D eigenvalue weighted by Crippen LogP contribution is -2.27. The predicted molar refractivity (Wildman–Crippen MR) is 76.9 cm³/mol. The van der Waals surface area contributed by atoms with Crippen LogP contribution in [0.1, 0.15) is 17.5 Å². The molecule has 4 nitrogen and oxygen atoms in total. The first-order valence-corrected chi connectivity index (χ1v) is 6.18. The van der Waals surface area contributed by atoms with E-state index in [9.17, 15) is 4.79 Å². The van der Waals surface area contributed by atoms with Crippen molar-refractivity contribution in [3.8, 4) is 11.8 Å². The number of aliphatic hydroxyl groups is 1. The minimum atomic E-state index is -0.0476. The smallest absolute Gasteiger partial charge is 0.238 e. The Labute approximate surface area is 114 Å². The summed E-state index contributed by atoms with van der Waals surface area (Å²) in [7, 11) is 3.70. The van der Waals surface area contributed by atoms with Crippen molar-refractivity contribution >= 4 is 11.6 Å². The molecule has 0 heterocycles. The SMILES string of the molecule is Cc1ccc(C#CCCO)cc1NC(=O)CN(C)C. The molecule has 1 amide bonds. The van der Waals surface area contributed by atoms with Crippen molar-refractivity contribution in [2.75, 3.05) is 32.6 Å². The summed E-state index contributed by atoms with van der Waals surface area (Å²) in [6, 6.07) is 5.68. The Balaban J connectivity index is 2.80. The molecular formula is C15H20N2O2. The number of nitrogens with one attached hydrogen (secondary N) is 1. The Hall–Kier alpha value is -1.83. The van der Waals surface area contributed by atoms with Gasteiger partial charge in [-0.2, -0.15) is 0 Å². The number of benzene rings is 1. The fourth-order valence-corrected chi connectivity index (χ4v) is 1.53. The van der Waals surface area contributed by atoms with E-state index in [0.717, 1.165) is 16.8 Å². The molecular weight excluding hydrogens is 240 g/mol. The molecule has 0 aliphatic heterocycles. The van der Waals surface area contributed by atoms with E-state index in [1.54, 1.807) is 0 Å². The van der Waals surface area contributed by atoms with Crippen LogP contribution in [0.3, 0.4) is 0 Å². The summed E-state index contributed by atoms with van der Waals surface area (Å²) in [5, 5.41) is 11.6. The zero-order valence-electron chi connectivity index (χ0n) is 11.7. The Bertz CT molecular complexity index is 499. The van der Waals surface area contributed by atoms with Gasteiger partial charge in [-0.05, 0) is 38.7 Å². The quantitative estimate of drug-likeness (QED) is 0.801. The minimum Gasteiger partial charge on any atom is -0.395 e. The highest BCUT2D eigenvalue weighted by Gasteiger charge is 2.06. The van der Waals surface area contributed by atoms with Crippen molar-refractivity contribution in [3.05, 3.63) is 29.3 Å². The molecule has 0 saturated heterocycles. The van der Waals surface area contributed by atoms with Gasteiger partial charge in [-0.25, -0.2) is 0 Å². The number of anilines is 1. The van der Waals surface area contributed by atoms with Gasteiger partial charge in [0.25, 0.3) is 0 Å². The van der Waals surface area contributed by atoms with Gasteiger partial charge in [0.2, 0.25) is 5.91 Å². The summed E-state index contributed by atoms with van der Waals surface area (Å²) in [5.74, 6) is 5.77. The Morgan fingerprint density at radius 2 is 2.16 bits per heavy atom. The van der Waals surface area contributed by atoms with E-state index in [4.69, 9.17) is 5.11 Å². The number of likely N-dealkylation sites (N-methyl/N-ethyl adjacent to an activating group) is 1. The van der Waals surface area contributed by atoms with Crippen LogP contribution in [0.5, 0.6) is 0 Å². The Morgan fingerprint density at radius 1 is 1.42 bits per heavy atom. The summed E-state index contributed by atoms with van der Waals surface area (Å²) < 4.78 is 0. The number of aliphatic hydroxyl groups excluding tert-OH is 1. The molecule has 1 aromatic rings. The number of hydrogen-bond donors (Lipinski definition) is 2. The molecule has 1 aromatic carbocycles. The standard InChI is InChI=1S/C15H20N2O2/c1-12-7-8-13(6-4-5-9-18)10-14(12)16-15(19)11-17(2)3/h7-8,10,18H,5,9,11H2,1-3H3,(H,16,19). The molecule has 0 bridgehead atoms. The summed E-state index contributed by atoms with van der Waals surface area (Å²) in [4.78, 5) is 13.5. The van der Waals surface area contributed by atoms with Gasteiger partial charge in [-0.1, -0.05) is 17.9 Å². The average molecular weight is 260 g/mol. The molecule has 0 aliphatic rings. The van der Waals surface area contributed by atoms with Gasteiger partial charge >= 0.3 is 0 Å². The predicted octanol–water partition coefficient (Wildman–Crippen LogP) is 1.23. The van der Waals surface area contributed by atoms with Gasteiger partial charge in [0.1, 0.15) is 0 Å². The highest BCUT2D eigenvalue weighted by atomic mass is 16.2. The summed E-state index contributed by atoms with van der Waals surface area (Å²) in [5.41, 5.74) is 2.61. The van der Waals surface area contributed by atoms with Crippen LogP contribution in [-0.2, 0) is 4.79 Å². The zero-order valence-corrected chi connectivity index (χ0v) is 11.7. The molecule has 0 radical (unpaired) electrons. The lowest BCUT2D eigenvalue weighted by Gasteiger charge is -2.12. The number of nitrogens with zero attached hydrogens (tertiary/aromatic N) is 1. The average Bonchev–Trinajstić information content (AvgIpc) is 2.32. The number of amides is 1. The molecule has 2 N–H and O–H groups in total. The van der Waals surface area contributed by atoms with Crippen LogP contribution in [-0.4, -0.2) is 43.2 Å². The number of carbonyl (C=O) groups excluding carboxylic acids is 1. The highest BCUT2D eigenvalue weighted by Crippen LogP contribution is 2.16. The van der Waals surface area contributed by atoms with Gasteiger partial charge in [0.15, 0.2) is 0 Å². The van der Waals surface area contributed by atoms with Crippen LogP contribution >= 0.6 is 0 Å². The monoisotopic (exact) mass is 260 g/mol. The molecule has 102 valence electrons. The molecule has 0 spiro atoms. The Kier molecular flexibility index (Phi) is 6.07. The summed E-state index contributed by atoms with van der Waals surface area (Å²) in [6.45, 7) is 2.35. The van der Waals surface area contributed by atoms with E-state index in [2.05, 4.69) is 17.2 Å². The normalized spacial score (nSPS) is 9.95. The number of rotatable bonds is 4. The molecule has 4 heteroatoms. The maximum Gasteiger partial charge on any atom is 0.238 e. The third-order valence-electron chi connectivity index (χ3n) is 2.44. The number of aryl methyl sites for hydroxylation is 1. The maximum atomic E-state index is 11.7. The van der Waals surface area contributed by atoms with Crippen molar-refractivity contribution in [3.63, 3.8) is 0 Å². The van der Waals surface area contributed by atoms with Gasteiger partial charge in [0, 0.05) is 17.7 Å². The van der Waals surface area contributed by atoms with Gasteiger partial charge in [-0.3, -0.25) is 4.79 Å². The van der Waals surface area contributed by atoms with E-state index in [0.29, 0.717) is 13.0 Å². The van der Waals surface area contributed by atoms with Crippen LogP contribution in [0.15, 0.2) is 18.2 Å². The number of hydrogen-bond acceptors (Lipinski definition) is 3. The second-order valence-electron chi connectivity index (χ2n) is 4.59. The fraction of sp³-hybridized carbons (Fsp3) is 0.400. The van der Waals surface area contributed by atoms with E-state index in [1.165, 1.54) is 0 Å². The second-order valence-corrected chi connectivity index (χ2v) is 4.59. The van der Waals surface area contributed by atoms with Crippen molar-refractivity contribution in [2.24, 2.45) is 0 Å². The summed E-state index contributed by atoms with van der Waals surface area (Å²) >= 11 is 0. The topological polar surface area (TPSA) is 52.6 Å². The Morgan fingerprint density at radius 3 is 2.79 bits per heavy atom. The molecule has 0 saturated carbocycles. The first kappa shape index (κ1) is 15.2. The maximum absolute atomic E-state index is 11.7. The molecule has 0 aliphatic carbocycles. The van der Waals surface area contributed by atoms with Crippen LogP contribution in [0.4, 0.5) is 5.69 Å². The van der Waals surface area contributed by atoms with Gasteiger partial charge in [-0.15, -0.1) is 0 Å². The molecule has 0 unspecified atom stereocenters. The fourth-order valence-electron chi connectivity index (χ4n) is 1.53. The van der Waals surface area contributed by atoms with Crippen LogP contribution in [0.2, 0.25) is 0 Å². The molecule has 0 fully saturated rings. The van der Waals surface area contributed by atoms with Crippen LogP contribution < -0.4 is 5.32 Å². The van der Waals surface area contributed by atoms with Crippen molar-refractivity contribution in [1.82, 2.24) is 4.90 Å². The lowest BCUT2D eigenvalue weighted by atomic mass is 10.1. The third-order valence-corrected chi connectivity index (χ3v) is 2.44. The zero-order chi connectivity index (χ0) is 14.3. The first-order chi connectivity index (χ1) is 9.02. The van der Waals surface area contributed by atoms with Crippen LogP contribution in [0.25, 0.3) is 0 Å². The van der Waals surface area contributed by atoms with E-state index >= 15 is 0 Å². The van der Waals surface area contributed by atoms with Crippen molar-refractivity contribution in [2.45, 2.75) is 13.3 Å². The van der Waals surface area contributed by atoms with Gasteiger partial charge in [0.05, 0.1) is 13.2 Å². The van der Waals surface area contributed by atoms with E-state index in [1.807, 2.05) is 44.1 Å². The molecule has 1 rings (SSSR count). The number of carbonyl (C=O) groups is 1. The summed E-state index contributed by atoms with van der Waals surface area (Å²) in [6.07, 6.45) is 0.455. The largest absolute Gasteiger partial charge is 0.395 e. The van der Waals surface area contributed by atoms with E-state index < -0.39 is 0 Å². The van der Waals surface area contributed by atoms with Crippen molar-refractivity contribution < 1.29 is 9.90 Å². The lowest BCUT2D eigenvalue weighted by molar-refractivity contribution is -0.116. The first-order valence-electron chi connectivity index (χ1n) is 6.18. The molecule has 0 aromatic heterocycles. The van der Waals surface area contributed by atoms with Crippen molar-refractivity contribution in [1.29, 1.82) is 0 Å². The third kappa shape index (κ3) is 5.56. The van der Waals surface area contributed by atoms with Crippen LogP contribution in [0, 0.1) is 18.8 Å². The van der Waals surface area contributed by atoms with E-state index in [-0.39, 0.29) is 12.5 Å². The molecule has 19 heavy (non-hydrogen) atoms. The minimum absolute atomic E-state index is 0.0476. The van der Waals surface area contributed by atoms with Gasteiger partial charge < -0.3 is 15.3 Å². The molecule has 0 atom stereocenters. The second kappa shape index (κ2) is 7.57. The highest BCUT2D eigenvalue weighted by molar-refractivity contribution is 5.93.